The third kappa shape index (κ3) is 4.22. The molecule has 8 heteroatoms. The summed E-state index contributed by atoms with van der Waals surface area (Å²) in [5, 5.41) is 4.82. The van der Waals surface area contributed by atoms with E-state index in [1.54, 1.807) is 17.0 Å². The number of aromatic nitrogens is 2. The lowest BCUT2D eigenvalue weighted by Crippen LogP contribution is -2.18. The van der Waals surface area contributed by atoms with E-state index < -0.39 is 5.91 Å². The van der Waals surface area contributed by atoms with E-state index in [0.717, 1.165) is 31.9 Å². The number of anilines is 1. The average Bonchev–Trinajstić information content (AvgIpc) is 3.29. The Morgan fingerprint density at radius 2 is 2.03 bits per heavy atom. The van der Waals surface area contributed by atoms with Gasteiger partial charge in [-0.25, -0.2) is 4.98 Å². The van der Waals surface area contributed by atoms with Gasteiger partial charge >= 0.3 is 0 Å². The van der Waals surface area contributed by atoms with Gasteiger partial charge in [-0.05, 0) is 30.2 Å². The Balaban J connectivity index is 1.46. The summed E-state index contributed by atoms with van der Waals surface area (Å²) in [6, 6.07) is 13.3. The fourth-order valence-electron chi connectivity index (χ4n) is 3.28. The zero-order valence-electron chi connectivity index (χ0n) is 16.2. The zero-order chi connectivity index (χ0) is 21.3. The van der Waals surface area contributed by atoms with Gasteiger partial charge in [-0.3, -0.25) is 9.59 Å². The van der Waals surface area contributed by atoms with Gasteiger partial charge in [-0.2, -0.15) is 0 Å². The number of benzene rings is 2. The van der Waals surface area contributed by atoms with Crippen LogP contribution in [0.25, 0.3) is 10.9 Å². The Morgan fingerprint density at radius 1 is 1.23 bits per heavy atom. The first-order valence-electron chi connectivity index (χ1n) is 9.28. The molecule has 2 heterocycles. The number of para-hydroxylation sites is 1. The van der Waals surface area contributed by atoms with Crippen LogP contribution in [0.1, 0.15) is 26.4 Å². The maximum atomic E-state index is 12.6. The van der Waals surface area contributed by atoms with Crippen molar-refractivity contribution in [3.8, 4) is 0 Å². The van der Waals surface area contributed by atoms with Crippen LogP contribution >= 0.6 is 22.9 Å². The second-order valence-corrected chi connectivity index (χ2v) is 8.51. The number of fused-ring (bicyclic) bond motifs is 1. The van der Waals surface area contributed by atoms with Crippen LogP contribution in [-0.4, -0.2) is 21.4 Å². The van der Waals surface area contributed by atoms with Crippen LogP contribution in [0, 0.1) is 6.92 Å². The van der Waals surface area contributed by atoms with E-state index in [9.17, 15) is 9.59 Å². The van der Waals surface area contributed by atoms with E-state index in [0.29, 0.717) is 17.1 Å². The first kappa shape index (κ1) is 20.1. The summed E-state index contributed by atoms with van der Waals surface area (Å²) >= 11 is 7.61. The van der Waals surface area contributed by atoms with Gasteiger partial charge in [-0.15, -0.1) is 11.3 Å². The van der Waals surface area contributed by atoms with E-state index >= 15 is 0 Å². The van der Waals surface area contributed by atoms with Crippen molar-refractivity contribution in [3.63, 3.8) is 0 Å². The fourth-order valence-corrected chi connectivity index (χ4v) is 4.35. The van der Waals surface area contributed by atoms with E-state index in [1.807, 2.05) is 49.4 Å². The number of nitrogens with two attached hydrogens (primary N) is 1. The molecular formula is C22H19ClN4O2S. The number of nitrogens with zero attached hydrogens (tertiary/aromatic N) is 2. The first-order valence-corrected chi connectivity index (χ1v) is 10.5. The van der Waals surface area contributed by atoms with E-state index in [2.05, 4.69) is 10.3 Å². The molecule has 2 aromatic carbocycles. The summed E-state index contributed by atoms with van der Waals surface area (Å²) in [6.07, 6.45) is 4.06. The maximum absolute atomic E-state index is 12.6. The van der Waals surface area contributed by atoms with Crippen LogP contribution in [0.3, 0.4) is 0 Å². The van der Waals surface area contributed by atoms with Crippen molar-refractivity contribution in [2.75, 3.05) is 5.32 Å². The molecule has 2 amide bonds. The van der Waals surface area contributed by atoms with Crippen LogP contribution in [0.15, 0.2) is 54.9 Å². The highest BCUT2D eigenvalue weighted by atomic mass is 35.5. The minimum Gasteiger partial charge on any atom is -0.366 e. The molecule has 0 aliphatic carbocycles. The molecule has 3 N–H and O–H groups in total. The third-order valence-corrected chi connectivity index (χ3v) is 6.10. The second kappa shape index (κ2) is 8.30. The van der Waals surface area contributed by atoms with Crippen LogP contribution in [0.4, 0.5) is 5.13 Å². The topological polar surface area (TPSA) is 90.0 Å². The molecule has 152 valence electrons. The lowest BCUT2D eigenvalue weighted by molar-refractivity contribution is -0.116. The number of thiazole rings is 1. The largest absolute Gasteiger partial charge is 0.366 e. The van der Waals surface area contributed by atoms with Gasteiger partial charge < -0.3 is 15.6 Å². The molecule has 0 unspecified atom stereocenters. The molecule has 0 fully saturated rings. The smallest absolute Gasteiger partial charge is 0.250 e. The number of rotatable bonds is 6. The molecule has 0 radical (unpaired) electrons. The third-order valence-electron chi connectivity index (χ3n) is 4.78. The highest BCUT2D eigenvalue weighted by molar-refractivity contribution is 7.15. The van der Waals surface area contributed by atoms with E-state index in [1.165, 1.54) is 11.3 Å². The molecule has 2 aromatic heterocycles. The second-order valence-electron chi connectivity index (χ2n) is 6.99. The van der Waals surface area contributed by atoms with Crippen LogP contribution in [0.2, 0.25) is 5.02 Å². The van der Waals surface area contributed by atoms with Crippen molar-refractivity contribution in [2.45, 2.75) is 19.9 Å². The molecule has 0 spiro atoms. The van der Waals surface area contributed by atoms with Crippen molar-refractivity contribution in [3.05, 3.63) is 81.4 Å². The number of aryl methyl sites for hydroxylation is 1. The average molecular weight is 439 g/mol. The van der Waals surface area contributed by atoms with Crippen molar-refractivity contribution in [2.24, 2.45) is 5.73 Å². The van der Waals surface area contributed by atoms with E-state index in [-0.39, 0.29) is 12.5 Å². The predicted octanol–water partition coefficient (Wildman–Crippen LogP) is 4.39. The number of carbonyl (C=O) groups excluding carboxylic acids is 2. The van der Waals surface area contributed by atoms with Crippen LogP contribution < -0.4 is 11.1 Å². The van der Waals surface area contributed by atoms with Gasteiger partial charge in [-0.1, -0.05) is 41.9 Å². The van der Waals surface area contributed by atoms with Crippen LogP contribution in [0.5, 0.6) is 0 Å². The van der Waals surface area contributed by atoms with Gasteiger partial charge in [0.25, 0.3) is 5.91 Å². The minimum absolute atomic E-state index is 0.0519. The summed E-state index contributed by atoms with van der Waals surface area (Å²) < 4.78 is 1.72. The van der Waals surface area contributed by atoms with Gasteiger partial charge in [0.1, 0.15) is 6.54 Å². The molecule has 30 heavy (non-hydrogen) atoms. The highest BCUT2D eigenvalue weighted by Crippen LogP contribution is 2.25. The van der Waals surface area contributed by atoms with Gasteiger partial charge in [0.15, 0.2) is 5.13 Å². The Hall–Kier alpha value is -3.16. The van der Waals surface area contributed by atoms with Crippen molar-refractivity contribution < 1.29 is 9.59 Å². The molecule has 4 aromatic rings. The lowest BCUT2D eigenvalue weighted by Gasteiger charge is -2.05. The van der Waals surface area contributed by atoms with Gasteiger partial charge in [0, 0.05) is 39.6 Å². The standard InChI is InChI=1S/C22H19ClN4O2S/c1-13-6-7-14(9-18(13)23)8-15-10-25-22(30-15)26-20(28)12-27-11-17(21(24)29)16-4-2-3-5-19(16)27/h2-7,9-11H,8,12H2,1H3,(H2,24,29)(H,25,26,28). The Kier molecular flexibility index (Phi) is 5.57. The SMILES string of the molecule is Cc1ccc(Cc2cnc(NC(=O)Cn3cc(C(N)=O)c4ccccc43)s2)cc1Cl. The fraction of sp³-hybridized carbons (Fsp3) is 0.136. The number of carbonyl (C=O) groups is 2. The van der Waals surface area contributed by atoms with Crippen molar-refractivity contribution in [1.82, 2.24) is 9.55 Å². The molecular weight excluding hydrogens is 420 g/mol. The van der Waals surface area contributed by atoms with Crippen LogP contribution in [-0.2, 0) is 17.8 Å². The van der Waals surface area contributed by atoms with E-state index in [4.69, 9.17) is 17.3 Å². The Morgan fingerprint density at radius 3 is 2.80 bits per heavy atom. The highest BCUT2D eigenvalue weighted by Gasteiger charge is 2.15. The summed E-state index contributed by atoms with van der Waals surface area (Å²) in [6.45, 7) is 2.02. The molecule has 0 aliphatic heterocycles. The normalized spacial score (nSPS) is 11.0. The summed E-state index contributed by atoms with van der Waals surface area (Å²) in [7, 11) is 0. The van der Waals surface area contributed by atoms with Crippen molar-refractivity contribution >= 4 is 50.8 Å². The number of primary amides is 1. The molecule has 0 aliphatic rings. The Labute approximate surface area is 182 Å². The van der Waals surface area contributed by atoms with Gasteiger partial charge in [0.2, 0.25) is 5.91 Å². The summed E-state index contributed by atoms with van der Waals surface area (Å²) in [5.41, 5.74) is 8.76. The zero-order valence-corrected chi connectivity index (χ0v) is 17.8. The molecule has 0 saturated carbocycles. The molecule has 6 nitrogen and oxygen atoms in total. The number of nitrogens with one attached hydrogen (secondary N) is 1. The summed E-state index contributed by atoms with van der Waals surface area (Å²) in [4.78, 5) is 29.6. The van der Waals surface area contributed by atoms with Gasteiger partial charge in [0.05, 0.1) is 5.56 Å². The maximum Gasteiger partial charge on any atom is 0.250 e. The minimum atomic E-state index is -0.522. The van der Waals surface area contributed by atoms with Crippen molar-refractivity contribution in [1.29, 1.82) is 0 Å². The number of hydrogen-bond acceptors (Lipinski definition) is 4. The monoisotopic (exact) mass is 438 g/mol. The lowest BCUT2D eigenvalue weighted by atomic mass is 10.1. The molecule has 0 atom stereocenters. The predicted molar refractivity (Wildman–Crippen MR) is 120 cm³/mol. The number of hydrogen-bond donors (Lipinski definition) is 2. The number of amides is 2. The first-order chi connectivity index (χ1) is 14.4. The molecule has 0 saturated heterocycles. The summed E-state index contributed by atoms with van der Waals surface area (Å²) in [5.74, 6) is -0.753. The Bertz CT molecular complexity index is 1260. The molecule has 4 rings (SSSR count). The number of halogens is 1. The molecule has 0 bridgehead atoms. The quantitative estimate of drug-likeness (QED) is 0.467.